The van der Waals surface area contributed by atoms with Crippen molar-refractivity contribution >= 4 is 5.97 Å². The molecule has 0 radical (unpaired) electrons. The van der Waals surface area contributed by atoms with Gasteiger partial charge in [-0.1, -0.05) is 63.6 Å². The molecule has 2 nitrogen and oxygen atoms in total. The van der Waals surface area contributed by atoms with Gasteiger partial charge >= 0.3 is 5.97 Å². The van der Waals surface area contributed by atoms with Crippen molar-refractivity contribution in [3.05, 3.63) is 70.3 Å². The van der Waals surface area contributed by atoms with Crippen LogP contribution in [0.5, 0.6) is 0 Å². The number of hydrogen-bond donors (Lipinski definition) is 0. The van der Waals surface area contributed by atoms with E-state index in [9.17, 15) is 4.79 Å². The lowest BCUT2D eigenvalue weighted by atomic mass is 9.72. The van der Waals surface area contributed by atoms with E-state index in [1.807, 2.05) is 0 Å². The topological polar surface area (TPSA) is 26.3 Å². The monoisotopic (exact) mass is 404 g/mol. The normalized spacial score (nSPS) is 24.8. The molecule has 2 atom stereocenters. The molecule has 1 saturated carbocycles. The predicted octanol–water partition coefficient (Wildman–Crippen LogP) is 7.21. The molecule has 2 aromatic carbocycles. The van der Waals surface area contributed by atoms with E-state index in [1.54, 1.807) is 0 Å². The van der Waals surface area contributed by atoms with Gasteiger partial charge in [0.15, 0.2) is 0 Å². The second-order valence-corrected chi connectivity index (χ2v) is 9.45. The number of fused-ring (bicyclic) bond motifs is 1. The molecule has 0 amide bonds. The Labute approximate surface area is 182 Å². The number of hydrogen-bond acceptors (Lipinski definition) is 2. The van der Waals surface area contributed by atoms with Crippen molar-refractivity contribution in [2.24, 2.45) is 5.92 Å². The lowest BCUT2D eigenvalue weighted by molar-refractivity contribution is 0.0249. The van der Waals surface area contributed by atoms with Gasteiger partial charge in [-0.25, -0.2) is 4.79 Å². The van der Waals surface area contributed by atoms with Crippen molar-refractivity contribution in [2.75, 3.05) is 0 Å². The predicted molar refractivity (Wildman–Crippen MR) is 123 cm³/mol. The third-order valence-corrected chi connectivity index (χ3v) is 7.52. The van der Waals surface area contributed by atoms with Crippen molar-refractivity contribution in [1.29, 1.82) is 0 Å². The zero-order valence-electron chi connectivity index (χ0n) is 18.8. The average molecular weight is 405 g/mol. The Hall–Kier alpha value is -2.09. The van der Waals surface area contributed by atoms with E-state index in [2.05, 4.69) is 63.2 Å². The number of carbonyl (C=O) groups is 1. The molecule has 160 valence electrons. The first kappa shape index (κ1) is 21.2. The zero-order valence-corrected chi connectivity index (χ0v) is 18.8. The Morgan fingerprint density at radius 3 is 2.40 bits per heavy atom. The Balaban J connectivity index is 1.39. The first-order valence-corrected chi connectivity index (χ1v) is 12.0. The highest BCUT2D eigenvalue weighted by molar-refractivity contribution is 5.92. The van der Waals surface area contributed by atoms with Gasteiger partial charge in [0, 0.05) is 6.42 Å². The van der Waals surface area contributed by atoms with Crippen LogP contribution in [0.4, 0.5) is 0 Å². The lowest BCUT2D eigenvalue weighted by Crippen LogP contribution is -2.27. The molecule has 1 heterocycles. The average Bonchev–Trinajstić information content (AvgIpc) is 2.79. The molecule has 0 bridgehead atoms. The van der Waals surface area contributed by atoms with Gasteiger partial charge in [0.2, 0.25) is 0 Å². The van der Waals surface area contributed by atoms with Crippen LogP contribution >= 0.6 is 0 Å². The first-order chi connectivity index (χ1) is 14.6. The summed E-state index contributed by atoms with van der Waals surface area (Å²) in [4.78, 5) is 12.4. The van der Waals surface area contributed by atoms with E-state index in [4.69, 9.17) is 4.74 Å². The summed E-state index contributed by atoms with van der Waals surface area (Å²) in [7, 11) is 0. The van der Waals surface area contributed by atoms with Crippen LogP contribution in [0.25, 0.3) is 0 Å². The molecule has 2 heteroatoms. The largest absolute Gasteiger partial charge is 0.458 e. The van der Waals surface area contributed by atoms with Crippen molar-refractivity contribution in [1.82, 2.24) is 0 Å². The van der Waals surface area contributed by atoms with Gasteiger partial charge in [0.25, 0.3) is 0 Å². The molecular weight excluding hydrogens is 368 g/mol. The van der Waals surface area contributed by atoms with Crippen LogP contribution in [-0.2, 0) is 17.6 Å². The maximum absolute atomic E-state index is 12.4. The molecule has 1 aliphatic carbocycles. The minimum atomic E-state index is -0.126. The van der Waals surface area contributed by atoms with Crippen molar-refractivity contribution in [3.63, 3.8) is 0 Å². The molecule has 0 aromatic heterocycles. The lowest BCUT2D eigenvalue weighted by Gasteiger charge is -2.33. The molecule has 0 saturated heterocycles. The summed E-state index contributed by atoms with van der Waals surface area (Å²) >= 11 is 0. The highest BCUT2D eigenvalue weighted by atomic mass is 16.5. The summed E-state index contributed by atoms with van der Waals surface area (Å²) in [5.74, 6) is 1.82. The van der Waals surface area contributed by atoms with E-state index < -0.39 is 0 Å². The summed E-state index contributed by atoms with van der Waals surface area (Å²) in [6, 6.07) is 15.9. The SMILES string of the molecule is CCCc1ccc(C(C)C2CCC(c3ccc4c(c3)C(=O)OC(CC)C4)CC2)cc1. The Morgan fingerprint density at radius 2 is 1.73 bits per heavy atom. The van der Waals surface area contributed by atoms with Gasteiger partial charge in [-0.15, -0.1) is 0 Å². The van der Waals surface area contributed by atoms with Crippen LogP contribution in [0.2, 0.25) is 0 Å². The Morgan fingerprint density at radius 1 is 1.00 bits per heavy atom. The summed E-state index contributed by atoms with van der Waals surface area (Å²) in [6.07, 6.45) is 9.14. The molecule has 0 spiro atoms. The van der Waals surface area contributed by atoms with Gasteiger partial charge in [-0.2, -0.15) is 0 Å². The number of cyclic esters (lactones) is 1. The maximum Gasteiger partial charge on any atom is 0.338 e. The summed E-state index contributed by atoms with van der Waals surface area (Å²) < 4.78 is 5.59. The number of esters is 1. The molecule has 4 rings (SSSR count). The highest BCUT2D eigenvalue weighted by Crippen LogP contribution is 2.42. The van der Waals surface area contributed by atoms with Gasteiger partial charge in [-0.3, -0.25) is 0 Å². The fraction of sp³-hybridized carbons (Fsp3) is 0.536. The summed E-state index contributed by atoms with van der Waals surface area (Å²) in [5.41, 5.74) is 6.24. The molecule has 2 aromatic rings. The summed E-state index contributed by atoms with van der Waals surface area (Å²) in [6.45, 7) is 6.72. The van der Waals surface area contributed by atoms with E-state index in [1.165, 1.54) is 55.2 Å². The van der Waals surface area contributed by atoms with Crippen LogP contribution in [0.3, 0.4) is 0 Å². The fourth-order valence-corrected chi connectivity index (χ4v) is 5.45. The molecule has 1 fully saturated rings. The number of carbonyl (C=O) groups excluding carboxylic acids is 1. The number of benzene rings is 2. The van der Waals surface area contributed by atoms with Crippen LogP contribution < -0.4 is 0 Å². The third kappa shape index (κ3) is 4.48. The number of aryl methyl sites for hydroxylation is 1. The molecule has 2 unspecified atom stereocenters. The van der Waals surface area contributed by atoms with Gasteiger partial charge < -0.3 is 4.74 Å². The first-order valence-electron chi connectivity index (χ1n) is 12.0. The zero-order chi connectivity index (χ0) is 21.1. The van der Waals surface area contributed by atoms with Crippen molar-refractivity contribution in [2.45, 2.75) is 90.1 Å². The molecule has 30 heavy (non-hydrogen) atoms. The van der Waals surface area contributed by atoms with E-state index >= 15 is 0 Å². The summed E-state index contributed by atoms with van der Waals surface area (Å²) in [5, 5.41) is 0. The van der Waals surface area contributed by atoms with Crippen LogP contribution in [0.15, 0.2) is 42.5 Å². The van der Waals surface area contributed by atoms with Crippen LogP contribution in [-0.4, -0.2) is 12.1 Å². The minimum Gasteiger partial charge on any atom is -0.458 e. The van der Waals surface area contributed by atoms with Crippen molar-refractivity contribution in [3.8, 4) is 0 Å². The number of ether oxygens (including phenoxy) is 1. The second kappa shape index (κ2) is 9.37. The minimum absolute atomic E-state index is 0.0452. The maximum atomic E-state index is 12.4. The smallest absolute Gasteiger partial charge is 0.338 e. The van der Waals surface area contributed by atoms with Crippen molar-refractivity contribution < 1.29 is 9.53 Å². The van der Waals surface area contributed by atoms with Crippen LogP contribution in [0.1, 0.15) is 104 Å². The molecular formula is C28H36O2. The quantitative estimate of drug-likeness (QED) is 0.476. The van der Waals surface area contributed by atoms with E-state index in [0.29, 0.717) is 11.8 Å². The van der Waals surface area contributed by atoms with E-state index in [-0.39, 0.29) is 12.1 Å². The second-order valence-electron chi connectivity index (χ2n) is 9.45. The molecule has 1 aliphatic heterocycles. The Bertz CT molecular complexity index is 859. The fourth-order valence-electron chi connectivity index (χ4n) is 5.45. The highest BCUT2D eigenvalue weighted by Gasteiger charge is 2.29. The Kier molecular flexibility index (Phi) is 6.61. The van der Waals surface area contributed by atoms with Gasteiger partial charge in [-0.05, 0) is 84.6 Å². The molecule has 0 N–H and O–H groups in total. The van der Waals surface area contributed by atoms with Gasteiger partial charge in [0.05, 0.1) is 5.56 Å². The van der Waals surface area contributed by atoms with Gasteiger partial charge in [0.1, 0.15) is 6.10 Å². The third-order valence-electron chi connectivity index (χ3n) is 7.52. The van der Waals surface area contributed by atoms with Crippen LogP contribution in [0, 0.1) is 5.92 Å². The number of rotatable bonds is 6. The van der Waals surface area contributed by atoms with E-state index in [0.717, 1.165) is 29.9 Å². The molecule has 2 aliphatic rings. The standard InChI is InChI=1S/C28H36O2/c1-4-6-20-7-9-21(10-8-20)19(3)22-11-13-23(14-12-22)24-15-16-25-17-26(5-2)30-28(29)27(25)18-24/h7-10,15-16,18-19,22-23,26H,4-6,11-14,17H2,1-3H3.